The van der Waals surface area contributed by atoms with E-state index in [0.29, 0.717) is 17.8 Å². The van der Waals surface area contributed by atoms with E-state index in [-0.39, 0.29) is 24.6 Å². The van der Waals surface area contributed by atoms with Gasteiger partial charge >= 0.3 is 5.97 Å². The molecule has 0 spiro atoms. The Morgan fingerprint density at radius 1 is 1.16 bits per heavy atom. The lowest BCUT2D eigenvalue weighted by molar-refractivity contribution is -0.143. The molecule has 0 aliphatic heterocycles. The number of carbonyl (C=O) groups is 2. The van der Waals surface area contributed by atoms with E-state index in [0.717, 1.165) is 29.5 Å². The lowest BCUT2D eigenvalue weighted by Gasteiger charge is -2.12. The average Bonchev–Trinajstić information content (AvgIpc) is 2.80. The Hall–Kier alpha value is -3.78. The van der Waals surface area contributed by atoms with Gasteiger partial charge in [-0.1, -0.05) is 12.1 Å². The van der Waals surface area contributed by atoms with Gasteiger partial charge in [0.05, 0.1) is 12.3 Å². The summed E-state index contributed by atoms with van der Waals surface area (Å²) in [5.74, 6) is -0.849. The number of hydrogen-bond donors (Lipinski definition) is 2. The number of benzene rings is 1. The molecule has 0 unspecified atom stereocenters. The molecule has 8 nitrogen and oxygen atoms in total. The SMILES string of the molecule is CCOC(=O)Cn1cc(NC(=O)c2cc(CCCN)cc(-c3cccnc3)c2)ccc1=O. The molecule has 32 heavy (non-hydrogen) atoms. The predicted octanol–water partition coefficient (Wildman–Crippen LogP) is 2.62. The summed E-state index contributed by atoms with van der Waals surface area (Å²) in [7, 11) is 0. The summed E-state index contributed by atoms with van der Waals surface area (Å²) in [4.78, 5) is 40.9. The zero-order chi connectivity index (χ0) is 22.9. The quantitative estimate of drug-likeness (QED) is 0.500. The van der Waals surface area contributed by atoms with Crippen molar-refractivity contribution in [2.45, 2.75) is 26.3 Å². The van der Waals surface area contributed by atoms with E-state index in [1.165, 1.54) is 22.9 Å². The number of nitrogens with zero attached hydrogens (tertiary/aromatic N) is 2. The largest absolute Gasteiger partial charge is 0.465 e. The third-order valence-corrected chi connectivity index (χ3v) is 4.77. The summed E-state index contributed by atoms with van der Waals surface area (Å²) in [5.41, 5.74) is 8.94. The predicted molar refractivity (Wildman–Crippen MR) is 122 cm³/mol. The summed E-state index contributed by atoms with van der Waals surface area (Å²) in [6.07, 6.45) is 6.42. The number of aromatic nitrogens is 2. The number of pyridine rings is 2. The third kappa shape index (κ3) is 6.12. The maximum atomic E-state index is 13.0. The maximum absolute atomic E-state index is 13.0. The van der Waals surface area contributed by atoms with Gasteiger partial charge in [0.15, 0.2) is 0 Å². The molecule has 0 bridgehead atoms. The van der Waals surface area contributed by atoms with Crippen molar-refractivity contribution < 1.29 is 14.3 Å². The van der Waals surface area contributed by atoms with Crippen molar-refractivity contribution in [3.63, 3.8) is 0 Å². The second kappa shape index (κ2) is 11.0. The highest BCUT2D eigenvalue weighted by Crippen LogP contribution is 2.23. The fourth-order valence-electron chi connectivity index (χ4n) is 3.25. The molecule has 3 aromatic rings. The van der Waals surface area contributed by atoms with Crippen molar-refractivity contribution in [2.75, 3.05) is 18.5 Å². The van der Waals surface area contributed by atoms with Gasteiger partial charge in [-0.3, -0.25) is 19.4 Å². The minimum absolute atomic E-state index is 0.226. The normalized spacial score (nSPS) is 10.6. The van der Waals surface area contributed by atoms with Crippen LogP contribution in [-0.2, 0) is 22.5 Å². The first-order chi connectivity index (χ1) is 15.5. The molecule has 0 atom stereocenters. The zero-order valence-corrected chi connectivity index (χ0v) is 17.9. The average molecular weight is 434 g/mol. The van der Waals surface area contributed by atoms with Crippen LogP contribution in [0.25, 0.3) is 11.1 Å². The van der Waals surface area contributed by atoms with Crippen molar-refractivity contribution >= 4 is 17.6 Å². The summed E-state index contributed by atoms with van der Waals surface area (Å²) in [6.45, 7) is 2.25. The smallest absolute Gasteiger partial charge is 0.326 e. The lowest BCUT2D eigenvalue weighted by atomic mass is 9.98. The van der Waals surface area contributed by atoms with Gasteiger partial charge in [-0.25, -0.2) is 0 Å². The maximum Gasteiger partial charge on any atom is 0.326 e. The number of anilines is 1. The van der Waals surface area contributed by atoms with Crippen LogP contribution in [-0.4, -0.2) is 34.6 Å². The summed E-state index contributed by atoms with van der Waals surface area (Å²) in [5, 5.41) is 2.80. The second-order valence-electron chi connectivity index (χ2n) is 7.20. The van der Waals surface area contributed by atoms with E-state index in [9.17, 15) is 14.4 Å². The summed E-state index contributed by atoms with van der Waals surface area (Å²) >= 11 is 0. The Labute approximate surface area is 186 Å². The van der Waals surface area contributed by atoms with Gasteiger partial charge in [0.25, 0.3) is 11.5 Å². The molecule has 3 rings (SSSR count). The molecule has 0 fully saturated rings. The van der Waals surface area contributed by atoms with Crippen molar-refractivity contribution in [1.29, 1.82) is 0 Å². The van der Waals surface area contributed by atoms with E-state index < -0.39 is 5.97 Å². The molecule has 0 radical (unpaired) electrons. The van der Waals surface area contributed by atoms with Crippen LogP contribution in [0.1, 0.15) is 29.3 Å². The zero-order valence-electron chi connectivity index (χ0n) is 17.9. The van der Waals surface area contributed by atoms with Crippen LogP contribution in [0.15, 0.2) is 65.8 Å². The Morgan fingerprint density at radius 3 is 2.72 bits per heavy atom. The van der Waals surface area contributed by atoms with Gasteiger partial charge in [-0.15, -0.1) is 0 Å². The van der Waals surface area contributed by atoms with Gasteiger partial charge < -0.3 is 20.4 Å². The first-order valence-electron chi connectivity index (χ1n) is 10.4. The highest BCUT2D eigenvalue weighted by Gasteiger charge is 2.12. The Kier molecular flexibility index (Phi) is 7.88. The van der Waals surface area contributed by atoms with Gasteiger partial charge in [0.2, 0.25) is 0 Å². The van der Waals surface area contributed by atoms with E-state index in [1.807, 2.05) is 24.3 Å². The number of nitrogens with one attached hydrogen (secondary N) is 1. The molecular formula is C24H26N4O4. The molecule has 3 N–H and O–H groups in total. The van der Waals surface area contributed by atoms with E-state index in [4.69, 9.17) is 10.5 Å². The number of esters is 1. The number of aryl methyl sites for hydroxylation is 1. The van der Waals surface area contributed by atoms with Crippen LogP contribution in [0.4, 0.5) is 5.69 Å². The molecule has 0 saturated carbocycles. The van der Waals surface area contributed by atoms with Crippen LogP contribution in [0.3, 0.4) is 0 Å². The van der Waals surface area contributed by atoms with Gasteiger partial charge in [-0.05, 0) is 61.7 Å². The molecule has 2 aromatic heterocycles. The van der Waals surface area contributed by atoms with Crippen LogP contribution >= 0.6 is 0 Å². The molecule has 2 heterocycles. The fraction of sp³-hybridized carbons (Fsp3) is 0.250. The Morgan fingerprint density at radius 2 is 2.00 bits per heavy atom. The van der Waals surface area contributed by atoms with E-state index in [1.54, 1.807) is 25.4 Å². The molecule has 0 aliphatic rings. The highest BCUT2D eigenvalue weighted by atomic mass is 16.5. The number of hydrogen-bond acceptors (Lipinski definition) is 6. The fourth-order valence-corrected chi connectivity index (χ4v) is 3.25. The Bertz CT molecular complexity index is 1140. The molecule has 166 valence electrons. The topological polar surface area (TPSA) is 116 Å². The van der Waals surface area contributed by atoms with Crippen molar-refractivity contribution in [1.82, 2.24) is 9.55 Å². The van der Waals surface area contributed by atoms with Crippen LogP contribution < -0.4 is 16.6 Å². The van der Waals surface area contributed by atoms with Gasteiger partial charge in [-0.2, -0.15) is 0 Å². The molecule has 8 heteroatoms. The van der Waals surface area contributed by atoms with Crippen molar-refractivity contribution in [3.8, 4) is 11.1 Å². The minimum Gasteiger partial charge on any atom is -0.465 e. The third-order valence-electron chi connectivity index (χ3n) is 4.77. The number of carbonyl (C=O) groups excluding carboxylic acids is 2. The van der Waals surface area contributed by atoms with Crippen molar-refractivity contribution in [2.24, 2.45) is 5.73 Å². The highest BCUT2D eigenvalue weighted by molar-refractivity contribution is 6.05. The van der Waals surface area contributed by atoms with Gasteiger partial charge in [0.1, 0.15) is 6.54 Å². The summed E-state index contributed by atoms with van der Waals surface area (Å²) < 4.78 is 6.09. The lowest BCUT2D eigenvalue weighted by Crippen LogP contribution is -2.25. The Balaban J connectivity index is 1.87. The van der Waals surface area contributed by atoms with Crippen LogP contribution in [0.5, 0.6) is 0 Å². The number of nitrogens with two attached hydrogens (primary N) is 1. The van der Waals surface area contributed by atoms with Crippen LogP contribution in [0, 0.1) is 0 Å². The molecule has 1 amide bonds. The number of amides is 1. The standard InChI is InChI=1S/C24H26N4O4/c1-2-32-23(30)16-28-15-21(7-8-22(28)29)27-24(31)20-12-17(5-3-9-25)11-19(13-20)18-6-4-10-26-14-18/h4,6-8,10-15H,2-3,5,9,16,25H2,1H3,(H,27,31). The van der Waals surface area contributed by atoms with Crippen LogP contribution in [0.2, 0.25) is 0 Å². The second-order valence-corrected chi connectivity index (χ2v) is 7.20. The number of ether oxygens (including phenoxy) is 1. The van der Waals surface area contributed by atoms with E-state index in [2.05, 4.69) is 10.3 Å². The van der Waals surface area contributed by atoms with E-state index >= 15 is 0 Å². The van der Waals surface area contributed by atoms with Gasteiger partial charge in [0, 0.05) is 35.8 Å². The molecular weight excluding hydrogens is 408 g/mol. The number of rotatable bonds is 9. The van der Waals surface area contributed by atoms with Crippen molar-refractivity contribution in [3.05, 3.63) is 82.5 Å². The molecule has 0 saturated heterocycles. The minimum atomic E-state index is -0.521. The molecule has 1 aromatic carbocycles. The first kappa shape index (κ1) is 22.9. The summed E-state index contributed by atoms with van der Waals surface area (Å²) in [6, 6.07) is 12.2. The monoisotopic (exact) mass is 434 g/mol. The first-order valence-corrected chi connectivity index (χ1v) is 10.4. The molecule has 0 aliphatic carbocycles.